The molecule has 0 saturated heterocycles. The molecule has 1 amide bonds. The van der Waals surface area contributed by atoms with Crippen LogP contribution in [0.5, 0.6) is 0 Å². The van der Waals surface area contributed by atoms with Crippen molar-refractivity contribution in [3.63, 3.8) is 0 Å². The zero-order valence-corrected chi connectivity index (χ0v) is 14.5. The number of Topliss-reactive ketones (excluding diaryl/α,β-unsaturated/α-hetero) is 2. The van der Waals surface area contributed by atoms with Gasteiger partial charge >= 0.3 is 0 Å². The minimum absolute atomic E-state index is 0.0145. The molecule has 4 rings (SSSR count). The van der Waals surface area contributed by atoms with E-state index < -0.39 is 22.9 Å². The number of ketones is 2. The second-order valence-electron chi connectivity index (χ2n) is 6.59. The van der Waals surface area contributed by atoms with Crippen LogP contribution in [0.15, 0.2) is 84.9 Å². The number of nitrogens with one attached hydrogen (secondary N) is 1. The third-order valence-electron chi connectivity index (χ3n) is 4.93. The average Bonchev–Trinajstić information content (AvgIpc) is 2.72. The smallest absolute Gasteiger partial charge is 0.246 e. The van der Waals surface area contributed by atoms with Crippen molar-refractivity contribution in [2.75, 3.05) is 5.32 Å². The normalized spacial score (nSPS) is 18.5. The number of para-hydroxylation sites is 1. The van der Waals surface area contributed by atoms with E-state index in [-0.39, 0.29) is 6.42 Å². The monoisotopic (exact) mass is 355 g/mol. The zero-order chi connectivity index (χ0) is 18.9. The molecule has 0 aromatic heterocycles. The van der Waals surface area contributed by atoms with Gasteiger partial charge in [0, 0.05) is 17.5 Å². The highest BCUT2D eigenvalue weighted by Crippen LogP contribution is 2.39. The summed E-state index contributed by atoms with van der Waals surface area (Å²) in [6.45, 7) is 0. The molecule has 132 valence electrons. The molecule has 4 nitrogen and oxygen atoms in total. The topological polar surface area (TPSA) is 63.2 Å². The number of fused-ring (bicyclic) bond motifs is 1. The molecule has 1 aliphatic rings. The minimum atomic E-state index is -1.82. The molecule has 0 radical (unpaired) electrons. The van der Waals surface area contributed by atoms with Gasteiger partial charge in [-0.15, -0.1) is 0 Å². The van der Waals surface area contributed by atoms with E-state index >= 15 is 0 Å². The third kappa shape index (κ3) is 2.75. The van der Waals surface area contributed by atoms with Gasteiger partial charge in [-0.05, 0) is 17.7 Å². The molecule has 3 aromatic carbocycles. The van der Waals surface area contributed by atoms with Gasteiger partial charge in [-0.1, -0.05) is 72.8 Å². The Labute approximate surface area is 156 Å². The number of hydrogen-bond acceptors (Lipinski definition) is 3. The van der Waals surface area contributed by atoms with Crippen molar-refractivity contribution in [3.8, 4) is 0 Å². The molecule has 0 aliphatic carbocycles. The van der Waals surface area contributed by atoms with Crippen molar-refractivity contribution >= 4 is 23.2 Å². The molecule has 1 N–H and O–H groups in total. The summed E-state index contributed by atoms with van der Waals surface area (Å²) in [6, 6.07) is 24.5. The average molecular weight is 355 g/mol. The summed E-state index contributed by atoms with van der Waals surface area (Å²) in [4.78, 5) is 40.1. The lowest BCUT2D eigenvalue weighted by Crippen LogP contribution is -2.53. The highest BCUT2D eigenvalue weighted by atomic mass is 16.2. The Kier molecular flexibility index (Phi) is 4.16. The van der Waals surface area contributed by atoms with E-state index in [4.69, 9.17) is 0 Å². The fourth-order valence-electron chi connectivity index (χ4n) is 3.54. The molecular formula is C23H17NO3. The first-order valence-corrected chi connectivity index (χ1v) is 8.72. The van der Waals surface area contributed by atoms with Gasteiger partial charge in [0.2, 0.25) is 5.91 Å². The van der Waals surface area contributed by atoms with Crippen LogP contribution in [0.1, 0.15) is 26.3 Å². The number of hydrogen-bond donors (Lipinski definition) is 1. The molecule has 3 aromatic rings. The predicted molar refractivity (Wildman–Crippen MR) is 103 cm³/mol. The van der Waals surface area contributed by atoms with Crippen LogP contribution in [0, 0.1) is 5.41 Å². The Balaban J connectivity index is 1.90. The van der Waals surface area contributed by atoms with E-state index in [0.717, 1.165) is 5.56 Å². The first-order valence-electron chi connectivity index (χ1n) is 8.72. The Bertz CT molecular complexity index is 1030. The molecule has 1 aliphatic heterocycles. The lowest BCUT2D eigenvalue weighted by Gasteiger charge is -2.34. The maximum atomic E-state index is 13.5. The molecule has 1 atom stereocenters. The molecule has 0 spiro atoms. The van der Waals surface area contributed by atoms with Gasteiger partial charge < -0.3 is 5.32 Å². The van der Waals surface area contributed by atoms with Gasteiger partial charge in [0.15, 0.2) is 17.0 Å². The second kappa shape index (κ2) is 6.65. The van der Waals surface area contributed by atoms with Gasteiger partial charge in [0.1, 0.15) is 0 Å². The van der Waals surface area contributed by atoms with Crippen LogP contribution in [0.2, 0.25) is 0 Å². The van der Waals surface area contributed by atoms with Crippen molar-refractivity contribution in [1.82, 2.24) is 0 Å². The second-order valence-corrected chi connectivity index (χ2v) is 6.59. The minimum Gasteiger partial charge on any atom is -0.324 e. The molecule has 1 heterocycles. The van der Waals surface area contributed by atoms with Crippen molar-refractivity contribution in [3.05, 3.63) is 102 Å². The van der Waals surface area contributed by atoms with Gasteiger partial charge in [0.25, 0.3) is 0 Å². The number of carbonyl (C=O) groups is 3. The van der Waals surface area contributed by atoms with Crippen molar-refractivity contribution < 1.29 is 14.4 Å². The number of amides is 1. The van der Waals surface area contributed by atoms with Crippen LogP contribution in [-0.2, 0) is 11.2 Å². The molecule has 0 unspecified atom stereocenters. The van der Waals surface area contributed by atoms with E-state index in [9.17, 15) is 14.4 Å². The van der Waals surface area contributed by atoms with E-state index in [1.54, 1.807) is 54.6 Å². The summed E-state index contributed by atoms with van der Waals surface area (Å²) in [7, 11) is 0. The summed E-state index contributed by atoms with van der Waals surface area (Å²) in [5.74, 6) is -1.52. The van der Waals surface area contributed by atoms with Crippen LogP contribution >= 0.6 is 0 Å². The highest BCUT2D eigenvalue weighted by molar-refractivity contribution is 6.37. The summed E-state index contributed by atoms with van der Waals surface area (Å²) in [5, 5.41) is 2.77. The van der Waals surface area contributed by atoms with Gasteiger partial charge in [-0.3, -0.25) is 14.4 Å². The fourth-order valence-corrected chi connectivity index (χ4v) is 3.54. The van der Waals surface area contributed by atoms with E-state index in [1.807, 2.05) is 30.3 Å². The summed E-state index contributed by atoms with van der Waals surface area (Å²) < 4.78 is 0. The van der Waals surface area contributed by atoms with Crippen molar-refractivity contribution in [2.24, 2.45) is 5.41 Å². The highest BCUT2D eigenvalue weighted by Gasteiger charge is 2.55. The summed E-state index contributed by atoms with van der Waals surface area (Å²) >= 11 is 0. The number of carbonyl (C=O) groups excluding carboxylic acids is 3. The predicted octanol–water partition coefficient (Wildman–Crippen LogP) is 3.93. The fraction of sp³-hybridized carbons (Fsp3) is 0.0870. The molecule has 4 heteroatoms. The molecule has 0 fully saturated rings. The van der Waals surface area contributed by atoms with Crippen molar-refractivity contribution in [2.45, 2.75) is 6.42 Å². The van der Waals surface area contributed by atoms with Gasteiger partial charge in [-0.25, -0.2) is 0 Å². The SMILES string of the molecule is O=C1Nc2ccccc2C(=O)[C@@]1(Cc1ccccc1)C(=O)c1ccccc1. The first kappa shape index (κ1) is 16.9. The standard InChI is InChI=1S/C23H17NO3/c25-20(17-11-5-2-6-12-17)23(15-16-9-3-1-4-10-16)21(26)18-13-7-8-14-19(18)24-22(23)27/h1-14H,15H2,(H,24,27)/t23-/m1/s1. The number of anilines is 1. The quantitative estimate of drug-likeness (QED) is 0.570. The van der Waals surface area contributed by atoms with E-state index in [2.05, 4.69) is 5.32 Å². The van der Waals surface area contributed by atoms with Crippen molar-refractivity contribution in [1.29, 1.82) is 0 Å². The maximum absolute atomic E-state index is 13.5. The van der Waals surface area contributed by atoms with Crippen LogP contribution in [0.25, 0.3) is 0 Å². The molecule has 0 bridgehead atoms. The van der Waals surface area contributed by atoms with Crippen LogP contribution < -0.4 is 5.32 Å². The molecule has 0 saturated carbocycles. The first-order chi connectivity index (χ1) is 13.1. The van der Waals surface area contributed by atoms with Gasteiger partial charge in [0.05, 0.1) is 5.69 Å². The van der Waals surface area contributed by atoms with Crippen LogP contribution in [0.4, 0.5) is 5.69 Å². The molecule has 27 heavy (non-hydrogen) atoms. The summed E-state index contributed by atoms with van der Waals surface area (Å²) in [6.07, 6.45) is 0.0145. The number of rotatable bonds is 4. The maximum Gasteiger partial charge on any atom is 0.246 e. The third-order valence-corrected chi connectivity index (χ3v) is 4.93. The summed E-state index contributed by atoms with van der Waals surface area (Å²) in [5.41, 5.74) is 0.0761. The lowest BCUT2D eigenvalue weighted by molar-refractivity contribution is -0.121. The Morgan fingerprint density at radius 2 is 1.37 bits per heavy atom. The largest absolute Gasteiger partial charge is 0.324 e. The number of benzene rings is 3. The van der Waals surface area contributed by atoms with Gasteiger partial charge in [-0.2, -0.15) is 0 Å². The van der Waals surface area contributed by atoms with Crippen LogP contribution in [0.3, 0.4) is 0 Å². The Hall–Kier alpha value is -3.53. The zero-order valence-electron chi connectivity index (χ0n) is 14.5. The van der Waals surface area contributed by atoms with E-state index in [1.165, 1.54) is 0 Å². The lowest BCUT2D eigenvalue weighted by atomic mass is 9.68. The van der Waals surface area contributed by atoms with Crippen LogP contribution in [-0.4, -0.2) is 17.5 Å². The van der Waals surface area contributed by atoms with E-state index in [0.29, 0.717) is 16.8 Å². The Morgan fingerprint density at radius 1 is 0.778 bits per heavy atom. The molecular weight excluding hydrogens is 338 g/mol. The Morgan fingerprint density at radius 3 is 2.07 bits per heavy atom.